The summed E-state index contributed by atoms with van der Waals surface area (Å²) in [6, 6.07) is 12.1. The number of aliphatic hydroxyl groups is 1. The van der Waals surface area contributed by atoms with Crippen LogP contribution in [0.3, 0.4) is 0 Å². The number of benzene rings is 1. The van der Waals surface area contributed by atoms with E-state index < -0.39 is 5.60 Å². The lowest BCUT2D eigenvalue weighted by molar-refractivity contribution is 0.0738. The van der Waals surface area contributed by atoms with Crippen molar-refractivity contribution >= 4 is 22.7 Å². The second-order valence-corrected chi connectivity index (χ2v) is 9.44. The van der Waals surface area contributed by atoms with E-state index in [0.717, 1.165) is 5.69 Å². The molecule has 0 fully saturated rings. The predicted octanol–water partition coefficient (Wildman–Crippen LogP) is 3.86. The van der Waals surface area contributed by atoms with E-state index in [0.29, 0.717) is 34.5 Å². The van der Waals surface area contributed by atoms with Crippen molar-refractivity contribution in [3.63, 3.8) is 0 Å². The van der Waals surface area contributed by atoms with Gasteiger partial charge in [0.25, 0.3) is 5.56 Å². The molecule has 4 heterocycles. The molecule has 1 aliphatic heterocycles. The summed E-state index contributed by atoms with van der Waals surface area (Å²) in [6.45, 7) is 11.7. The zero-order valence-electron chi connectivity index (χ0n) is 20.3. The molecule has 0 radical (unpaired) electrons. The Labute approximate surface area is 203 Å². The summed E-state index contributed by atoms with van der Waals surface area (Å²) in [5.74, 6) is 0.835. The van der Waals surface area contributed by atoms with E-state index in [1.807, 2.05) is 6.07 Å². The number of rotatable bonds is 6. The highest BCUT2D eigenvalue weighted by Crippen LogP contribution is 2.34. The number of aromatic nitrogens is 5. The molecule has 3 aromatic heterocycles. The second-order valence-electron chi connectivity index (χ2n) is 9.44. The maximum Gasteiger partial charge on any atom is 0.278 e. The molecule has 180 valence electrons. The van der Waals surface area contributed by atoms with Gasteiger partial charge in [-0.15, -0.1) is 6.58 Å². The Bertz CT molecular complexity index is 1500. The zero-order valence-corrected chi connectivity index (χ0v) is 20.3. The summed E-state index contributed by atoms with van der Waals surface area (Å²) < 4.78 is 3.16. The van der Waals surface area contributed by atoms with Gasteiger partial charge in [-0.25, -0.2) is 19.3 Å². The van der Waals surface area contributed by atoms with Gasteiger partial charge in [-0.1, -0.05) is 18.2 Å². The molecule has 0 bridgehead atoms. The number of fused-ring (bicyclic) bond motifs is 2. The molecule has 0 saturated heterocycles. The first kappa shape index (κ1) is 22.9. The van der Waals surface area contributed by atoms with Crippen molar-refractivity contribution in [2.45, 2.75) is 51.9 Å². The van der Waals surface area contributed by atoms with Gasteiger partial charge in [0.2, 0.25) is 5.95 Å². The normalized spacial score (nSPS) is 17.5. The summed E-state index contributed by atoms with van der Waals surface area (Å²) in [4.78, 5) is 26.9. The molecule has 9 nitrogen and oxygen atoms in total. The molecule has 0 aliphatic carbocycles. The van der Waals surface area contributed by atoms with Crippen LogP contribution in [0.15, 0.2) is 60.0 Å². The van der Waals surface area contributed by atoms with Gasteiger partial charge in [-0.2, -0.15) is 4.98 Å². The molecule has 0 amide bonds. The summed E-state index contributed by atoms with van der Waals surface area (Å²) in [7, 11) is 0. The van der Waals surface area contributed by atoms with Crippen LogP contribution >= 0.6 is 0 Å². The lowest BCUT2D eigenvalue weighted by Crippen LogP contribution is -2.23. The molecule has 5 rings (SSSR count). The van der Waals surface area contributed by atoms with Gasteiger partial charge < -0.3 is 15.7 Å². The van der Waals surface area contributed by atoms with E-state index in [1.54, 1.807) is 42.8 Å². The highest BCUT2D eigenvalue weighted by atomic mass is 16.3. The quantitative estimate of drug-likeness (QED) is 0.366. The van der Waals surface area contributed by atoms with Crippen molar-refractivity contribution in [3.8, 4) is 5.82 Å². The van der Waals surface area contributed by atoms with E-state index in [4.69, 9.17) is 4.98 Å². The third kappa shape index (κ3) is 4.02. The van der Waals surface area contributed by atoms with Gasteiger partial charge >= 0.3 is 0 Å². The van der Waals surface area contributed by atoms with Crippen LogP contribution in [0.5, 0.6) is 0 Å². The Balaban J connectivity index is 1.62. The Morgan fingerprint density at radius 1 is 1.17 bits per heavy atom. The fourth-order valence-corrected chi connectivity index (χ4v) is 4.60. The van der Waals surface area contributed by atoms with Crippen molar-refractivity contribution in [2.75, 3.05) is 5.32 Å². The molecule has 3 N–H and O–H groups in total. The monoisotopic (exact) mass is 471 g/mol. The van der Waals surface area contributed by atoms with E-state index in [1.165, 1.54) is 22.0 Å². The predicted molar refractivity (Wildman–Crippen MR) is 136 cm³/mol. The van der Waals surface area contributed by atoms with Crippen molar-refractivity contribution in [1.29, 1.82) is 0 Å². The number of hydrogen-bond donors (Lipinski definition) is 3. The number of anilines is 2. The van der Waals surface area contributed by atoms with Crippen LogP contribution in [0.1, 0.15) is 56.6 Å². The van der Waals surface area contributed by atoms with E-state index in [2.05, 4.69) is 53.2 Å². The molecule has 35 heavy (non-hydrogen) atoms. The van der Waals surface area contributed by atoms with Crippen molar-refractivity contribution in [2.24, 2.45) is 0 Å². The van der Waals surface area contributed by atoms with Crippen LogP contribution < -0.4 is 16.2 Å². The van der Waals surface area contributed by atoms with Gasteiger partial charge in [0, 0.05) is 24.0 Å². The van der Waals surface area contributed by atoms with Crippen LogP contribution in [-0.2, 0) is 12.1 Å². The van der Waals surface area contributed by atoms with Crippen LogP contribution in [0.4, 0.5) is 11.6 Å². The van der Waals surface area contributed by atoms with Crippen molar-refractivity contribution in [1.82, 2.24) is 29.6 Å². The first-order chi connectivity index (χ1) is 16.7. The molecule has 1 aliphatic rings. The minimum absolute atomic E-state index is 0.242. The fraction of sp³-hybridized carbons (Fsp3) is 0.308. The topological polar surface area (TPSA) is 110 Å². The Kier molecular flexibility index (Phi) is 5.53. The molecule has 4 aromatic rings. The van der Waals surface area contributed by atoms with Gasteiger partial charge in [0.15, 0.2) is 11.5 Å². The number of nitrogens with zero attached hydrogens (tertiary/aromatic N) is 5. The van der Waals surface area contributed by atoms with Crippen LogP contribution in [-0.4, -0.2) is 29.4 Å². The molecule has 9 heteroatoms. The Morgan fingerprint density at radius 3 is 2.69 bits per heavy atom. The Hall–Kier alpha value is -3.82. The largest absolute Gasteiger partial charge is 0.384 e. The zero-order chi connectivity index (χ0) is 24.9. The third-order valence-electron chi connectivity index (χ3n) is 6.33. The molecule has 2 atom stereocenters. The highest BCUT2D eigenvalue weighted by Gasteiger charge is 2.25. The standard InChI is InChI=1S/C26H29N7O2/c1-6-12-32-24(34)20-14-27-25(29-17-10-11-18-15(2)28-16(3)19(18)13-17)31-23(20)33(32)22-9-7-8-21(30-22)26(4,5)35/h6-11,13-16,28,35H,1,12H2,2-5H3,(H,27,29,31). The summed E-state index contributed by atoms with van der Waals surface area (Å²) in [6.07, 6.45) is 3.17. The molecular formula is C26H29N7O2. The first-order valence-corrected chi connectivity index (χ1v) is 11.6. The maximum absolute atomic E-state index is 13.2. The summed E-state index contributed by atoms with van der Waals surface area (Å²) in [5, 5.41) is 17.6. The smallest absolute Gasteiger partial charge is 0.278 e. The minimum atomic E-state index is -1.14. The van der Waals surface area contributed by atoms with Gasteiger partial charge in [-0.05, 0) is 63.1 Å². The highest BCUT2D eigenvalue weighted by molar-refractivity contribution is 5.77. The first-order valence-electron chi connectivity index (χ1n) is 11.6. The number of pyridine rings is 1. The molecule has 0 saturated carbocycles. The summed E-state index contributed by atoms with van der Waals surface area (Å²) in [5.41, 5.74) is 2.91. The Morgan fingerprint density at radius 2 is 1.94 bits per heavy atom. The molecular weight excluding hydrogens is 442 g/mol. The lowest BCUT2D eigenvalue weighted by Gasteiger charge is -2.18. The SMILES string of the molecule is C=CCn1c(=O)c2cnc(Nc3ccc4c(c3)C(C)NC4C)nc2n1-c1cccc(C(C)(C)O)n1. The van der Waals surface area contributed by atoms with E-state index >= 15 is 0 Å². The molecule has 1 aromatic carbocycles. The third-order valence-corrected chi connectivity index (χ3v) is 6.33. The maximum atomic E-state index is 13.2. The average Bonchev–Trinajstić information content (AvgIpc) is 3.26. The van der Waals surface area contributed by atoms with Crippen molar-refractivity contribution < 1.29 is 5.11 Å². The fourth-order valence-electron chi connectivity index (χ4n) is 4.60. The van der Waals surface area contributed by atoms with E-state index in [9.17, 15) is 9.90 Å². The lowest BCUT2D eigenvalue weighted by atomic mass is 10.0. The van der Waals surface area contributed by atoms with Crippen LogP contribution in [0, 0.1) is 0 Å². The average molecular weight is 472 g/mol. The van der Waals surface area contributed by atoms with Crippen LogP contribution in [0.25, 0.3) is 16.9 Å². The van der Waals surface area contributed by atoms with Gasteiger partial charge in [0.05, 0.1) is 12.2 Å². The second kappa shape index (κ2) is 8.44. The van der Waals surface area contributed by atoms with Crippen molar-refractivity contribution in [3.05, 3.63) is 82.4 Å². The number of allylic oxidation sites excluding steroid dienone is 1. The summed E-state index contributed by atoms with van der Waals surface area (Å²) >= 11 is 0. The molecule has 0 spiro atoms. The van der Waals surface area contributed by atoms with Gasteiger partial charge in [0.1, 0.15) is 11.0 Å². The minimum Gasteiger partial charge on any atom is -0.384 e. The molecule has 2 unspecified atom stereocenters. The van der Waals surface area contributed by atoms with E-state index in [-0.39, 0.29) is 18.1 Å². The van der Waals surface area contributed by atoms with Gasteiger partial charge in [-0.3, -0.25) is 4.79 Å². The number of nitrogens with one attached hydrogen (secondary N) is 2. The van der Waals surface area contributed by atoms with Crippen LogP contribution in [0.2, 0.25) is 0 Å². The number of hydrogen-bond acceptors (Lipinski definition) is 7.